The minimum absolute atomic E-state index is 0.105. The predicted molar refractivity (Wildman–Crippen MR) is 126 cm³/mol. The van der Waals surface area contributed by atoms with Gasteiger partial charge in [-0.05, 0) is 87.4 Å². The maximum atomic E-state index is 5.43. The van der Waals surface area contributed by atoms with E-state index < -0.39 is 0 Å². The van der Waals surface area contributed by atoms with Gasteiger partial charge in [-0.25, -0.2) is 0 Å². The quantitative estimate of drug-likeness (QED) is 0.618. The second kappa shape index (κ2) is 8.66. The molecule has 0 aliphatic heterocycles. The second-order valence-electron chi connectivity index (χ2n) is 9.73. The normalized spacial score (nSPS) is 28.1. The molecule has 1 aromatic carbocycles. The van der Waals surface area contributed by atoms with Gasteiger partial charge >= 0.3 is 0 Å². The smallest absolute Gasteiger partial charge is 0.121 e. The third-order valence-electron chi connectivity index (χ3n) is 7.55. The maximum absolute atomic E-state index is 5.43. The van der Waals surface area contributed by atoms with Crippen molar-refractivity contribution in [2.45, 2.75) is 69.4 Å². The highest BCUT2D eigenvalue weighted by molar-refractivity contribution is 5.38. The zero-order chi connectivity index (χ0) is 21.3. The fraction of sp³-hybridized carbons (Fsp3) is 0.519. The lowest BCUT2D eigenvalue weighted by molar-refractivity contribution is 0.283. The van der Waals surface area contributed by atoms with Crippen LogP contribution >= 0.6 is 0 Å². The topological polar surface area (TPSA) is 39.1 Å². The first-order valence-electron chi connectivity index (χ1n) is 12.0. The Bertz CT molecular complexity index is 963. The van der Waals surface area contributed by atoms with Gasteiger partial charge in [0.25, 0.3) is 0 Å². The number of methoxy groups -OCH3 is 1. The fourth-order valence-electron chi connectivity index (χ4n) is 5.36. The monoisotopic (exact) mass is 417 g/mol. The van der Waals surface area contributed by atoms with Crippen molar-refractivity contribution in [1.82, 2.24) is 15.1 Å². The maximum Gasteiger partial charge on any atom is 0.121 e. The van der Waals surface area contributed by atoms with Gasteiger partial charge in [0.1, 0.15) is 5.75 Å². The van der Waals surface area contributed by atoms with Gasteiger partial charge in [0.2, 0.25) is 0 Å². The molecule has 0 bridgehead atoms. The molecular formula is C27H35N3O. The third kappa shape index (κ3) is 4.36. The number of nitrogens with one attached hydrogen (secondary N) is 1. The van der Waals surface area contributed by atoms with E-state index in [9.17, 15) is 0 Å². The summed E-state index contributed by atoms with van der Waals surface area (Å²) < 4.78 is 7.61. The summed E-state index contributed by atoms with van der Waals surface area (Å²) in [7, 11) is 1.75. The van der Waals surface area contributed by atoms with Crippen molar-refractivity contribution in [2.24, 2.45) is 5.92 Å². The number of allylic oxidation sites excluding steroid dienone is 2. The van der Waals surface area contributed by atoms with Gasteiger partial charge in [-0.1, -0.05) is 36.4 Å². The molecule has 3 aliphatic carbocycles. The number of hydrogen-bond acceptors (Lipinski definition) is 3. The van der Waals surface area contributed by atoms with Gasteiger partial charge in [-0.15, -0.1) is 0 Å². The molecule has 1 atom stereocenters. The van der Waals surface area contributed by atoms with Gasteiger partial charge in [-0.2, -0.15) is 5.10 Å². The summed E-state index contributed by atoms with van der Waals surface area (Å²) in [5, 5.41) is 8.63. The lowest BCUT2D eigenvalue weighted by Crippen LogP contribution is -2.43. The summed E-state index contributed by atoms with van der Waals surface area (Å²) >= 11 is 0. The Morgan fingerprint density at radius 3 is 2.65 bits per heavy atom. The SMILES string of the molecule is COc1ccc([C@H]2CC[C@H](CNC3(c4cnn(C5CC5)c4)C=CC=CC3)CC2)cc1C. The molecule has 2 fully saturated rings. The molecule has 1 N–H and O–H groups in total. The van der Waals surface area contributed by atoms with Crippen molar-refractivity contribution in [1.29, 1.82) is 0 Å². The van der Waals surface area contributed by atoms with Gasteiger partial charge in [-0.3, -0.25) is 4.68 Å². The van der Waals surface area contributed by atoms with Crippen LogP contribution in [0, 0.1) is 12.8 Å². The molecule has 3 aliphatic rings. The minimum atomic E-state index is -0.105. The average molecular weight is 418 g/mol. The molecule has 1 unspecified atom stereocenters. The van der Waals surface area contributed by atoms with Crippen LogP contribution < -0.4 is 10.1 Å². The fourth-order valence-corrected chi connectivity index (χ4v) is 5.36. The molecule has 0 saturated heterocycles. The Hall–Kier alpha value is -2.33. The number of ether oxygens (including phenoxy) is 1. The largest absolute Gasteiger partial charge is 0.496 e. The highest BCUT2D eigenvalue weighted by Gasteiger charge is 2.34. The van der Waals surface area contributed by atoms with Crippen molar-refractivity contribution in [3.05, 3.63) is 71.6 Å². The number of hydrogen-bond donors (Lipinski definition) is 1. The minimum Gasteiger partial charge on any atom is -0.496 e. The van der Waals surface area contributed by atoms with E-state index in [0.29, 0.717) is 12.0 Å². The number of rotatable bonds is 7. The molecule has 31 heavy (non-hydrogen) atoms. The van der Waals surface area contributed by atoms with Crippen LogP contribution in [0.3, 0.4) is 0 Å². The van der Waals surface area contributed by atoms with Crippen LogP contribution in [-0.2, 0) is 5.54 Å². The van der Waals surface area contributed by atoms with Crippen LogP contribution in [0.25, 0.3) is 0 Å². The van der Waals surface area contributed by atoms with E-state index in [-0.39, 0.29) is 5.54 Å². The molecule has 0 spiro atoms. The number of aryl methyl sites for hydroxylation is 1. The van der Waals surface area contributed by atoms with Gasteiger partial charge in [0.15, 0.2) is 0 Å². The molecule has 2 aromatic rings. The number of nitrogens with zero attached hydrogens (tertiary/aromatic N) is 2. The van der Waals surface area contributed by atoms with Crippen LogP contribution in [0.4, 0.5) is 0 Å². The van der Waals surface area contributed by atoms with Crippen LogP contribution in [0.1, 0.15) is 73.6 Å². The summed E-state index contributed by atoms with van der Waals surface area (Å²) in [4.78, 5) is 0. The van der Waals surface area contributed by atoms with Crippen molar-refractivity contribution in [2.75, 3.05) is 13.7 Å². The van der Waals surface area contributed by atoms with Gasteiger partial charge in [0.05, 0.1) is 24.9 Å². The molecule has 4 heteroatoms. The summed E-state index contributed by atoms with van der Waals surface area (Å²) in [6.45, 7) is 3.22. The lowest BCUT2D eigenvalue weighted by Gasteiger charge is -2.36. The molecule has 2 saturated carbocycles. The zero-order valence-corrected chi connectivity index (χ0v) is 18.9. The number of benzene rings is 1. The number of aromatic nitrogens is 2. The molecule has 5 rings (SSSR count). The van der Waals surface area contributed by atoms with E-state index in [4.69, 9.17) is 4.74 Å². The first-order chi connectivity index (χ1) is 15.2. The zero-order valence-electron chi connectivity index (χ0n) is 18.9. The van der Waals surface area contributed by atoms with Crippen LogP contribution in [-0.4, -0.2) is 23.4 Å². The van der Waals surface area contributed by atoms with Crippen LogP contribution in [0.2, 0.25) is 0 Å². The van der Waals surface area contributed by atoms with E-state index in [2.05, 4.69) is 76.9 Å². The summed E-state index contributed by atoms with van der Waals surface area (Å²) in [5.74, 6) is 2.42. The van der Waals surface area contributed by atoms with E-state index >= 15 is 0 Å². The standard InChI is InChI=1S/C27H35N3O/c1-20-16-23(10-13-26(20)31-2)22-8-6-21(7-9-22)17-28-27(14-4-3-5-15-27)24-18-29-30(19-24)25-11-12-25/h3-5,10,13-14,16,18-19,21-22,25,28H,6-9,11-12,15,17H2,1-2H3/t21-,22-,27?. The average Bonchev–Trinajstić information content (AvgIpc) is 3.54. The molecule has 1 heterocycles. The lowest BCUT2D eigenvalue weighted by atomic mass is 9.77. The van der Waals surface area contributed by atoms with Crippen molar-refractivity contribution in [3.8, 4) is 5.75 Å². The summed E-state index contributed by atoms with van der Waals surface area (Å²) in [6, 6.07) is 7.35. The molecule has 1 aromatic heterocycles. The summed E-state index contributed by atoms with van der Waals surface area (Å²) in [6.07, 6.45) is 22.0. The van der Waals surface area contributed by atoms with Crippen molar-refractivity contribution < 1.29 is 4.74 Å². The Morgan fingerprint density at radius 1 is 1.13 bits per heavy atom. The predicted octanol–water partition coefficient (Wildman–Crippen LogP) is 5.81. The van der Waals surface area contributed by atoms with Crippen molar-refractivity contribution in [3.63, 3.8) is 0 Å². The molecule has 4 nitrogen and oxygen atoms in total. The first kappa shape index (κ1) is 20.6. The highest BCUT2D eigenvalue weighted by Crippen LogP contribution is 2.39. The van der Waals surface area contributed by atoms with E-state index in [0.717, 1.165) is 24.6 Å². The highest BCUT2D eigenvalue weighted by atomic mass is 16.5. The van der Waals surface area contributed by atoms with E-state index in [1.807, 2.05) is 0 Å². The third-order valence-corrected chi connectivity index (χ3v) is 7.55. The Balaban J connectivity index is 1.20. The second-order valence-corrected chi connectivity index (χ2v) is 9.73. The van der Waals surface area contributed by atoms with Gasteiger partial charge in [0, 0.05) is 11.8 Å². The summed E-state index contributed by atoms with van der Waals surface area (Å²) in [5.41, 5.74) is 3.93. The molecule has 0 radical (unpaired) electrons. The Labute approximate surface area is 186 Å². The van der Waals surface area contributed by atoms with Crippen LogP contribution in [0.15, 0.2) is 54.9 Å². The van der Waals surface area contributed by atoms with Crippen LogP contribution in [0.5, 0.6) is 5.75 Å². The molecule has 164 valence electrons. The first-order valence-corrected chi connectivity index (χ1v) is 12.0. The van der Waals surface area contributed by atoms with E-state index in [1.165, 1.54) is 55.2 Å². The molecule has 0 amide bonds. The van der Waals surface area contributed by atoms with Gasteiger partial charge < -0.3 is 10.1 Å². The Kier molecular flexibility index (Phi) is 5.75. The Morgan fingerprint density at radius 2 is 1.97 bits per heavy atom. The van der Waals surface area contributed by atoms with Crippen molar-refractivity contribution >= 4 is 0 Å². The molecular weight excluding hydrogens is 382 g/mol. The van der Waals surface area contributed by atoms with E-state index in [1.54, 1.807) is 7.11 Å².